The van der Waals surface area contributed by atoms with Crippen LogP contribution in [0.3, 0.4) is 0 Å². The van der Waals surface area contributed by atoms with Crippen LogP contribution in [-0.4, -0.2) is 57.5 Å². The third-order valence-electron chi connectivity index (χ3n) is 6.64. The third-order valence-corrected chi connectivity index (χ3v) is 7.57. The number of aliphatic imine (C=N–C) groups is 1. The molecule has 4 N–H and O–H groups in total. The Kier molecular flexibility index (Phi) is 11.2. The van der Waals surface area contributed by atoms with Gasteiger partial charge in [-0.25, -0.2) is 13.6 Å². The molecule has 1 aromatic rings. The number of rotatable bonds is 8. The van der Waals surface area contributed by atoms with Crippen molar-refractivity contribution in [3.05, 3.63) is 29.8 Å². The fourth-order valence-corrected chi connectivity index (χ4v) is 5.41. The smallest absolute Gasteiger partial charge is 0.238 e. The van der Waals surface area contributed by atoms with Gasteiger partial charge in [0.25, 0.3) is 0 Å². The van der Waals surface area contributed by atoms with Gasteiger partial charge in [-0.2, -0.15) is 0 Å². The maximum absolute atomic E-state index is 11.4. The van der Waals surface area contributed by atoms with Gasteiger partial charge in [0.15, 0.2) is 5.96 Å². The van der Waals surface area contributed by atoms with Crippen molar-refractivity contribution < 1.29 is 8.42 Å². The normalized spacial score (nSPS) is 19.8. The van der Waals surface area contributed by atoms with Crippen molar-refractivity contribution >= 4 is 40.0 Å². The second kappa shape index (κ2) is 13.1. The Morgan fingerprint density at radius 1 is 1.03 bits per heavy atom. The zero-order chi connectivity index (χ0) is 22.2. The summed E-state index contributed by atoms with van der Waals surface area (Å²) in [6.45, 7) is 6.93. The molecule has 1 aromatic carbocycles. The zero-order valence-corrected chi connectivity index (χ0v) is 22.5. The van der Waals surface area contributed by atoms with Crippen molar-refractivity contribution in [3.8, 4) is 0 Å². The summed E-state index contributed by atoms with van der Waals surface area (Å²) in [6.07, 6.45) is 11.3. The molecule has 1 aliphatic carbocycles. The van der Waals surface area contributed by atoms with Gasteiger partial charge in [-0.05, 0) is 69.8 Å². The Labute approximate surface area is 211 Å². The lowest BCUT2D eigenvalue weighted by Crippen LogP contribution is -2.54. The lowest BCUT2D eigenvalue weighted by molar-refractivity contribution is 0.0407. The van der Waals surface area contributed by atoms with Gasteiger partial charge in [0.1, 0.15) is 0 Å². The van der Waals surface area contributed by atoms with E-state index in [1.165, 1.54) is 64.5 Å². The Bertz CT molecular complexity index is 817. The number of nitrogens with one attached hydrogen (secondary N) is 2. The predicted molar refractivity (Wildman–Crippen MR) is 142 cm³/mol. The molecular weight excluding hydrogens is 537 g/mol. The van der Waals surface area contributed by atoms with Crippen LogP contribution in [0, 0.1) is 0 Å². The van der Waals surface area contributed by atoms with Gasteiger partial charge in [-0.1, -0.05) is 37.8 Å². The van der Waals surface area contributed by atoms with Crippen molar-refractivity contribution in [2.75, 3.05) is 32.7 Å². The second-order valence-corrected chi connectivity index (χ2v) is 10.5. The number of likely N-dealkylation sites (tertiary alicyclic amines) is 1. The number of sulfonamides is 1. The molecule has 0 spiro atoms. The highest BCUT2D eigenvalue weighted by Crippen LogP contribution is 2.35. The first-order valence-corrected chi connectivity index (χ1v) is 13.4. The first-order valence-electron chi connectivity index (χ1n) is 11.8. The Morgan fingerprint density at radius 3 is 2.25 bits per heavy atom. The van der Waals surface area contributed by atoms with E-state index in [4.69, 9.17) is 10.1 Å². The molecule has 0 bridgehead atoms. The molecule has 1 saturated heterocycles. The molecule has 2 fully saturated rings. The van der Waals surface area contributed by atoms with Crippen molar-refractivity contribution in [3.63, 3.8) is 0 Å². The minimum atomic E-state index is -3.64. The molecule has 0 amide bonds. The standard InChI is InChI=1S/C23H39N5O2S.HI/c1-2-25-22(26-16-13-20-9-11-21(12-10-20)31(24,29)30)27-19-23(14-5-3-6-15-23)28-17-7-4-8-18-28;/h9-12H,2-8,13-19H2,1H3,(H2,24,29,30)(H2,25,26,27);1H. The van der Waals surface area contributed by atoms with Crippen LogP contribution in [-0.2, 0) is 16.4 Å². The Balaban J connectivity index is 0.00000363. The first-order chi connectivity index (χ1) is 14.9. The summed E-state index contributed by atoms with van der Waals surface area (Å²) in [7, 11) is -3.64. The first kappa shape index (κ1) is 27.3. The monoisotopic (exact) mass is 577 g/mol. The van der Waals surface area contributed by atoms with Gasteiger partial charge in [0.2, 0.25) is 10.0 Å². The maximum atomic E-state index is 11.4. The minimum Gasteiger partial charge on any atom is -0.357 e. The molecule has 2 aliphatic rings. The van der Waals surface area contributed by atoms with Crippen LogP contribution in [0.5, 0.6) is 0 Å². The maximum Gasteiger partial charge on any atom is 0.238 e. The van der Waals surface area contributed by atoms with Gasteiger partial charge in [0, 0.05) is 18.6 Å². The largest absolute Gasteiger partial charge is 0.357 e. The number of benzene rings is 1. The molecule has 182 valence electrons. The molecular formula is C23H40IN5O2S. The van der Waals surface area contributed by atoms with Gasteiger partial charge in [-0.3, -0.25) is 9.89 Å². The summed E-state index contributed by atoms with van der Waals surface area (Å²) in [5.41, 5.74) is 1.29. The van der Waals surface area contributed by atoms with Gasteiger partial charge in [0.05, 0.1) is 11.4 Å². The van der Waals surface area contributed by atoms with E-state index in [1.54, 1.807) is 12.1 Å². The predicted octanol–water partition coefficient (Wildman–Crippen LogP) is 3.24. The Morgan fingerprint density at radius 2 is 1.66 bits per heavy atom. The molecule has 3 rings (SSSR count). The van der Waals surface area contributed by atoms with Crippen LogP contribution in [0.25, 0.3) is 0 Å². The molecule has 9 heteroatoms. The number of hydrogen-bond acceptors (Lipinski definition) is 4. The number of nitrogens with zero attached hydrogens (tertiary/aromatic N) is 2. The molecule has 0 atom stereocenters. The molecule has 1 heterocycles. The second-order valence-electron chi connectivity index (χ2n) is 8.89. The quantitative estimate of drug-likeness (QED) is 0.250. The highest BCUT2D eigenvalue weighted by atomic mass is 127. The lowest BCUT2D eigenvalue weighted by atomic mass is 9.79. The molecule has 32 heavy (non-hydrogen) atoms. The van der Waals surface area contributed by atoms with Crippen molar-refractivity contribution in [2.45, 2.75) is 75.1 Å². The molecule has 0 unspecified atom stereocenters. The van der Waals surface area contributed by atoms with Crippen molar-refractivity contribution in [2.24, 2.45) is 10.1 Å². The minimum absolute atomic E-state index is 0. The third kappa shape index (κ3) is 7.85. The number of halogens is 1. The number of hydrogen-bond donors (Lipinski definition) is 3. The van der Waals surface area contributed by atoms with E-state index >= 15 is 0 Å². The van der Waals surface area contributed by atoms with E-state index in [-0.39, 0.29) is 34.4 Å². The van der Waals surface area contributed by atoms with E-state index in [0.717, 1.165) is 37.6 Å². The summed E-state index contributed by atoms with van der Waals surface area (Å²) < 4.78 is 22.8. The van der Waals surface area contributed by atoms with E-state index < -0.39 is 10.0 Å². The molecule has 0 aromatic heterocycles. The van der Waals surface area contributed by atoms with E-state index in [9.17, 15) is 8.42 Å². The van der Waals surface area contributed by atoms with E-state index in [1.807, 2.05) is 12.1 Å². The summed E-state index contributed by atoms with van der Waals surface area (Å²) in [5.74, 6) is 0.866. The average molecular weight is 578 g/mol. The molecule has 0 radical (unpaired) electrons. The fourth-order valence-electron chi connectivity index (χ4n) is 4.89. The van der Waals surface area contributed by atoms with Crippen molar-refractivity contribution in [1.29, 1.82) is 0 Å². The topological polar surface area (TPSA) is 99.8 Å². The van der Waals surface area contributed by atoms with Crippen molar-refractivity contribution in [1.82, 2.24) is 15.5 Å². The summed E-state index contributed by atoms with van der Waals surface area (Å²) in [5, 5.41) is 12.0. The van der Waals surface area contributed by atoms with Crippen LogP contribution in [0.15, 0.2) is 34.2 Å². The summed E-state index contributed by atoms with van der Waals surface area (Å²) >= 11 is 0. The van der Waals surface area contributed by atoms with Gasteiger partial charge < -0.3 is 10.6 Å². The van der Waals surface area contributed by atoms with Crippen LogP contribution < -0.4 is 15.8 Å². The summed E-state index contributed by atoms with van der Waals surface area (Å²) in [4.78, 5) is 7.90. The lowest BCUT2D eigenvalue weighted by Gasteiger charge is -2.47. The van der Waals surface area contributed by atoms with Crippen LogP contribution in [0.2, 0.25) is 0 Å². The number of piperidine rings is 1. The zero-order valence-electron chi connectivity index (χ0n) is 19.3. The average Bonchev–Trinajstić information content (AvgIpc) is 2.78. The number of primary sulfonamides is 1. The number of guanidine groups is 1. The number of nitrogens with two attached hydrogens (primary N) is 1. The SMILES string of the molecule is CCNC(=NCC1(N2CCCCC2)CCCCC1)NCCc1ccc(S(N)(=O)=O)cc1.I. The van der Waals surface area contributed by atoms with Crippen LogP contribution in [0.4, 0.5) is 0 Å². The summed E-state index contributed by atoms with van der Waals surface area (Å²) in [6, 6.07) is 6.77. The molecule has 1 saturated carbocycles. The van der Waals surface area contributed by atoms with E-state index in [0.29, 0.717) is 0 Å². The fraction of sp³-hybridized carbons (Fsp3) is 0.696. The van der Waals surface area contributed by atoms with Gasteiger partial charge >= 0.3 is 0 Å². The van der Waals surface area contributed by atoms with Crippen LogP contribution >= 0.6 is 24.0 Å². The Hall–Kier alpha value is -0.910. The van der Waals surface area contributed by atoms with Crippen LogP contribution in [0.1, 0.15) is 63.9 Å². The molecule has 7 nitrogen and oxygen atoms in total. The van der Waals surface area contributed by atoms with Gasteiger partial charge in [-0.15, -0.1) is 24.0 Å². The molecule has 1 aliphatic heterocycles. The van der Waals surface area contributed by atoms with E-state index in [2.05, 4.69) is 22.5 Å². The highest BCUT2D eigenvalue weighted by molar-refractivity contribution is 14.0. The highest BCUT2D eigenvalue weighted by Gasteiger charge is 2.38.